The van der Waals surface area contributed by atoms with Crippen LogP contribution in [0.1, 0.15) is 25.0 Å². The van der Waals surface area contributed by atoms with Crippen molar-refractivity contribution in [1.82, 2.24) is 5.32 Å². The Kier molecular flexibility index (Phi) is 8.40. The van der Waals surface area contributed by atoms with E-state index in [0.29, 0.717) is 49.1 Å². The highest BCUT2D eigenvalue weighted by molar-refractivity contribution is 6.12. The highest BCUT2D eigenvalue weighted by atomic mass is 19.1. The van der Waals surface area contributed by atoms with Gasteiger partial charge in [0, 0.05) is 12.1 Å². The smallest absolute Gasteiger partial charge is 0.294 e. The molecule has 7 nitrogen and oxygen atoms in total. The second kappa shape index (κ2) is 12.1. The van der Waals surface area contributed by atoms with Gasteiger partial charge < -0.3 is 19.5 Å². The van der Waals surface area contributed by atoms with Crippen LogP contribution >= 0.6 is 0 Å². The van der Waals surface area contributed by atoms with Crippen molar-refractivity contribution in [2.75, 3.05) is 31.2 Å². The van der Waals surface area contributed by atoms with Crippen LogP contribution in [0.3, 0.4) is 0 Å². The van der Waals surface area contributed by atoms with Crippen molar-refractivity contribution >= 4 is 23.6 Å². The van der Waals surface area contributed by atoms with Crippen molar-refractivity contribution in [3.63, 3.8) is 0 Å². The van der Waals surface area contributed by atoms with Gasteiger partial charge in [-0.1, -0.05) is 36.4 Å². The van der Waals surface area contributed by atoms with Crippen molar-refractivity contribution in [1.29, 1.82) is 0 Å². The summed E-state index contributed by atoms with van der Waals surface area (Å²) in [5, 5.41) is 2.87. The topological polar surface area (TPSA) is 77.1 Å². The van der Waals surface area contributed by atoms with Gasteiger partial charge in [0.25, 0.3) is 5.91 Å². The number of halogens is 1. The summed E-state index contributed by atoms with van der Waals surface area (Å²) in [6, 6.07) is 18.7. The minimum Gasteiger partial charge on any atom is -0.490 e. The third-order valence-corrected chi connectivity index (χ3v) is 5.67. The summed E-state index contributed by atoms with van der Waals surface area (Å²) >= 11 is 0. The molecule has 1 heterocycles. The lowest BCUT2D eigenvalue weighted by atomic mass is 10.1. The predicted octanol–water partition coefficient (Wildman–Crippen LogP) is 4.75. The Hall–Kier alpha value is -4.33. The highest BCUT2D eigenvalue weighted by Gasteiger charge is 2.31. The predicted molar refractivity (Wildman–Crippen MR) is 139 cm³/mol. The van der Waals surface area contributed by atoms with E-state index in [0.717, 1.165) is 5.56 Å². The number of rotatable bonds is 10. The molecule has 8 heteroatoms. The summed E-state index contributed by atoms with van der Waals surface area (Å²) in [6.07, 6.45) is 1.92. The van der Waals surface area contributed by atoms with Gasteiger partial charge in [0.2, 0.25) is 5.91 Å². The fourth-order valence-electron chi connectivity index (χ4n) is 3.95. The van der Waals surface area contributed by atoms with Crippen LogP contribution in [0, 0.1) is 5.82 Å². The molecule has 37 heavy (non-hydrogen) atoms. The number of benzene rings is 3. The Balaban J connectivity index is 1.44. The first-order chi connectivity index (χ1) is 18.0. The van der Waals surface area contributed by atoms with Crippen LogP contribution < -0.4 is 24.4 Å². The van der Waals surface area contributed by atoms with E-state index in [1.54, 1.807) is 42.5 Å². The quantitative estimate of drug-likeness (QED) is 0.404. The van der Waals surface area contributed by atoms with Gasteiger partial charge in [-0.25, -0.2) is 4.39 Å². The van der Waals surface area contributed by atoms with E-state index in [-0.39, 0.29) is 23.8 Å². The molecule has 0 unspecified atom stereocenters. The number of nitrogens with zero attached hydrogens (tertiary/aromatic N) is 1. The Bertz CT molecular complexity index is 1310. The number of nitrogens with one attached hydrogen (secondary N) is 1. The number of carbonyl (C=O) groups excluding carboxylic acids is 2. The zero-order chi connectivity index (χ0) is 26.2. The molecular weight excluding hydrogens is 475 g/mol. The van der Waals surface area contributed by atoms with Crippen LogP contribution in [0.2, 0.25) is 0 Å². The number of amides is 2. The molecule has 1 aliphatic rings. The first kappa shape index (κ1) is 25.8. The molecular formula is C29H29FN2O5. The number of hydrogen-bond donors (Lipinski definition) is 1. The van der Waals surface area contributed by atoms with Crippen molar-refractivity contribution in [2.24, 2.45) is 0 Å². The number of fused-ring (bicyclic) bond motifs is 1. The third-order valence-electron chi connectivity index (χ3n) is 5.67. The van der Waals surface area contributed by atoms with Crippen LogP contribution in [0.15, 0.2) is 72.5 Å². The van der Waals surface area contributed by atoms with E-state index in [2.05, 4.69) is 5.32 Å². The maximum absolute atomic E-state index is 14.2. The molecule has 0 radical (unpaired) electrons. The molecule has 0 saturated heterocycles. The van der Waals surface area contributed by atoms with Crippen LogP contribution in [0.4, 0.5) is 10.1 Å². The Morgan fingerprint density at radius 1 is 1.00 bits per heavy atom. The summed E-state index contributed by atoms with van der Waals surface area (Å²) in [5.41, 5.74) is 1.67. The monoisotopic (exact) mass is 504 g/mol. The molecule has 1 aliphatic heterocycles. The van der Waals surface area contributed by atoms with E-state index in [1.165, 1.54) is 17.0 Å². The maximum atomic E-state index is 14.2. The van der Waals surface area contributed by atoms with E-state index in [1.807, 2.05) is 32.0 Å². The van der Waals surface area contributed by atoms with Gasteiger partial charge in [-0.05, 0) is 62.2 Å². The van der Waals surface area contributed by atoms with Gasteiger partial charge in [-0.3, -0.25) is 14.5 Å². The van der Waals surface area contributed by atoms with E-state index >= 15 is 0 Å². The lowest BCUT2D eigenvalue weighted by Gasteiger charge is -2.30. The summed E-state index contributed by atoms with van der Waals surface area (Å²) in [6.45, 7) is 5.04. The first-order valence-electron chi connectivity index (χ1n) is 12.2. The minimum absolute atomic E-state index is 0.0607. The molecule has 0 spiro atoms. The average molecular weight is 505 g/mol. The van der Waals surface area contributed by atoms with E-state index in [4.69, 9.17) is 14.2 Å². The van der Waals surface area contributed by atoms with Crippen molar-refractivity contribution in [3.8, 4) is 17.2 Å². The van der Waals surface area contributed by atoms with Gasteiger partial charge in [0.05, 0.1) is 18.9 Å². The SMILES string of the molecule is CCOc1ccc(CCNC(=O)CN2C(=O)/C(=C\c3ccccc3F)Oc3ccccc32)cc1OCC. The highest BCUT2D eigenvalue weighted by Crippen LogP contribution is 2.35. The number of anilines is 1. The van der Waals surface area contributed by atoms with Crippen molar-refractivity contribution in [3.05, 3.63) is 89.4 Å². The standard InChI is InChI=1S/C29H29FN2O5/c1-3-35-25-14-13-20(17-26(25)36-4-2)15-16-31-28(33)19-32-23-11-7-8-12-24(23)37-27(29(32)34)18-21-9-5-6-10-22(21)30/h5-14,17-18H,3-4,15-16,19H2,1-2H3,(H,31,33)/b27-18+. The zero-order valence-electron chi connectivity index (χ0n) is 20.8. The lowest BCUT2D eigenvalue weighted by Crippen LogP contribution is -2.44. The molecule has 0 fully saturated rings. The van der Waals surface area contributed by atoms with Gasteiger partial charge >= 0.3 is 0 Å². The molecule has 3 aromatic rings. The molecule has 1 N–H and O–H groups in total. The Morgan fingerprint density at radius 3 is 2.51 bits per heavy atom. The summed E-state index contributed by atoms with van der Waals surface area (Å²) in [7, 11) is 0. The number of ether oxygens (including phenoxy) is 3. The fourth-order valence-corrected chi connectivity index (χ4v) is 3.95. The molecule has 192 valence electrons. The third kappa shape index (κ3) is 6.27. The number of para-hydroxylation sites is 2. The molecule has 0 atom stereocenters. The van der Waals surface area contributed by atoms with Crippen LogP contribution in [-0.4, -0.2) is 38.1 Å². The van der Waals surface area contributed by atoms with Gasteiger partial charge in [0.1, 0.15) is 12.4 Å². The Labute approximate surface area is 215 Å². The van der Waals surface area contributed by atoms with Crippen molar-refractivity contribution in [2.45, 2.75) is 20.3 Å². The number of hydrogen-bond acceptors (Lipinski definition) is 5. The van der Waals surface area contributed by atoms with Crippen molar-refractivity contribution < 1.29 is 28.2 Å². The largest absolute Gasteiger partial charge is 0.490 e. The molecule has 0 aliphatic carbocycles. The summed E-state index contributed by atoms with van der Waals surface area (Å²) in [5.74, 6) is 0.371. The van der Waals surface area contributed by atoms with Gasteiger partial charge in [-0.2, -0.15) is 0 Å². The molecule has 3 aromatic carbocycles. The molecule has 0 aromatic heterocycles. The van der Waals surface area contributed by atoms with Gasteiger partial charge in [-0.15, -0.1) is 0 Å². The normalized spacial score (nSPS) is 13.6. The first-order valence-corrected chi connectivity index (χ1v) is 12.2. The second-order valence-electron chi connectivity index (χ2n) is 8.24. The van der Waals surface area contributed by atoms with Crippen LogP contribution in [0.25, 0.3) is 6.08 Å². The van der Waals surface area contributed by atoms with E-state index in [9.17, 15) is 14.0 Å². The molecule has 4 rings (SSSR count). The second-order valence-corrected chi connectivity index (χ2v) is 8.24. The van der Waals surface area contributed by atoms with E-state index < -0.39 is 11.7 Å². The lowest BCUT2D eigenvalue weighted by molar-refractivity contribution is -0.123. The average Bonchev–Trinajstić information content (AvgIpc) is 2.89. The zero-order valence-corrected chi connectivity index (χ0v) is 20.8. The minimum atomic E-state index is -0.523. The molecule has 0 bridgehead atoms. The molecule has 2 amide bonds. The summed E-state index contributed by atoms with van der Waals surface area (Å²) in [4.78, 5) is 27.4. The molecule has 0 saturated carbocycles. The fraction of sp³-hybridized carbons (Fsp3) is 0.241. The number of carbonyl (C=O) groups is 2. The maximum Gasteiger partial charge on any atom is 0.294 e. The summed E-state index contributed by atoms with van der Waals surface area (Å²) < 4.78 is 31.2. The van der Waals surface area contributed by atoms with Gasteiger partial charge in [0.15, 0.2) is 23.0 Å². The van der Waals surface area contributed by atoms with Crippen LogP contribution in [0.5, 0.6) is 17.2 Å². The van der Waals surface area contributed by atoms with Crippen LogP contribution in [-0.2, 0) is 16.0 Å². The Morgan fingerprint density at radius 2 is 1.73 bits per heavy atom.